The highest BCUT2D eigenvalue weighted by molar-refractivity contribution is 5.41. The normalized spacial score (nSPS) is 13.4. The van der Waals surface area contributed by atoms with Crippen LogP contribution < -0.4 is 15.2 Å². The Kier molecular flexibility index (Phi) is 6.17. The predicted octanol–water partition coefficient (Wildman–Crippen LogP) is 2.66. The molecule has 0 aliphatic rings. The van der Waals surface area contributed by atoms with Gasteiger partial charge in [0.25, 0.3) is 0 Å². The quantitative estimate of drug-likeness (QED) is 0.820. The molecule has 0 heterocycles. The van der Waals surface area contributed by atoms with Crippen molar-refractivity contribution in [1.29, 1.82) is 5.26 Å². The van der Waals surface area contributed by atoms with Crippen molar-refractivity contribution in [2.45, 2.75) is 45.3 Å². The standard InChI is InChI=1S/C15H22N2O2/c1-4-12(17)8-11-6-7-14(18-3)9-15(11)19-13(5-2)10-16/h6-7,9,12-13H,4-5,8,17H2,1-3H3. The van der Waals surface area contributed by atoms with Crippen molar-refractivity contribution < 1.29 is 9.47 Å². The van der Waals surface area contributed by atoms with E-state index in [1.54, 1.807) is 7.11 Å². The summed E-state index contributed by atoms with van der Waals surface area (Å²) in [5.74, 6) is 1.41. The summed E-state index contributed by atoms with van der Waals surface area (Å²) in [4.78, 5) is 0. The molecule has 4 heteroatoms. The van der Waals surface area contributed by atoms with Crippen molar-refractivity contribution in [2.75, 3.05) is 7.11 Å². The Morgan fingerprint density at radius 2 is 2.05 bits per heavy atom. The third-order valence-electron chi connectivity index (χ3n) is 3.06. The summed E-state index contributed by atoms with van der Waals surface area (Å²) in [6, 6.07) is 7.89. The molecule has 0 bridgehead atoms. The van der Waals surface area contributed by atoms with Gasteiger partial charge in [-0.3, -0.25) is 0 Å². The molecular weight excluding hydrogens is 240 g/mol. The van der Waals surface area contributed by atoms with Crippen LogP contribution in [0, 0.1) is 11.3 Å². The second-order valence-electron chi connectivity index (χ2n) is 4.49. The molecule has 2 unspecified atom stereocenters. The van der Waals surface area contributed by atoms with Crippen LogP contribution in [0.4, 0.5) is 0 Å². The minimum Gasteiger partial charge on any atom is -0.497 e. The van der Waals surface area contributed by atoms with Crippen molar-refractivity contribution in [2.24, 2.45) is 5.73 Å². The molecule has 0 amide bonds. The predicted molar refractivity (Wildman–Crippen MR) is 75.3 cm³/mol. The Morgan fingerprint density at radius 1 is 1.32 bits per heavy atom. The molecular formula is C15H22N2O2. The van der Waals surface area contributed by atoms with Gasteiger partial charge in [-0.25, -0.2) is 0 Å². The Labute approximate surface area is 115 Å². The van der Waals surface area contributed by atoms with E-state index in [0.29, 0.717) is 12.2 Å². The van der Waals surface area contributed by atoms with E-state index < -0.39 is 6.10 Å². The Balaban J connectivity index is 2.98. The molecule has 0 saturated heterocycles. The van der Waals surface area contributed by atoms with Crippen LogP contribution in [0.15, 0.2) is 18.2 Å². The van der Waals surface area contributed by atoms with Crippen LogP contribution in [-0.4, -0.2) is 19.3 Å². The highest BCUT2D eigenvalue weighted by Gasteiger charge is 2.13. The number of ether oxygens (including phenoxy) is 2. The van der Waals surface area contributed by atoms with Crippen molar-refractivity contribution in [3.63, 3.8) is 0 Å². The number of methoxy groups -OCH3 is 1. The number of rotatable bonds is 7. The zero-order valence-electron chi connectivity index (χ0n) is 11.8. The smallest absolute Gasteiger partial charge is 0.184 e. The summed E-state index contributed by atoms with van der Waals surface area (Å²) in [7, 11) is 1.61. The molecule has 0 aliphatic heterocycles. The number of nitriles is 1. The SMILES string of the molecule is CCC(N)Cc1ccc(OC)cc1OC(C#N)CC. The van der Waals surface area contributed by atoms with Crippen LogP contribution in [-0.2, 0) is 6.42 Å². The number of hydrogen-bond donors (Lipinski definition) is 1. The Hall–Kier alpha value is -1.73. The van der Waals surface area contributed by atoms with Gasteiger partial charge in [-0.2, -0.15) is 5.26 Å². The summed E-state index contributed by atoms with van der Waals surface area (Å²) in [6.07, 6.45) is 1.84. The first-order valence-corrected chi connectivity index (χ1v) is 6.63. The van der Waals surface area contributed by atoms with E-state index in [0.717, 1.165) is 24.2 Å². The lowest BCUT2D eigenvalue weighted by Gasteiger charge is -2.17. The lowest BCUT2D eigenvalue weighted by Crippen LogP contribution is -2.22. The van der Waals surface area contributed by atoms with E-state index in [1.165, 1.54) is 0 Å². The first-order chi connectivity index (χ1) is 9.14. The van der Waals surface area contributed by atoms with Gasteiger partial charge in [0.1, 0.15) is 17.6 Å². The molecule has 104 valence electrons. The molecule has 1 rings (SSSR count). The molecule has 0 aromatic heterocycles. The number of nitrogens with zero attached hydrogens (tertiary/aromatic N) is 1. The van der Waals surface area contributed by atoms with Gasteiger partial charge in [0, 0.05) is 12.1 Å². The summed E-state index contributed by atoms with van der Waals surface area (Å²) in [5, 5.41) is 9.00. The monoisotopic (exact) mass is 262 g/mol. The van der Waals surface area contributed by atoms with Crippen molar-refractivity contribution in [3.8, 4) is 17.6 Å². The molecule has 2 atom stereocenters. The fourth-order valence-corrected chi connectivity index (χ4v) is 1.72. The van der Waals surface area contributed by atoms with Gasteiger partial charge in [-0.05, 0) is 30.9 Å². The molecule has 0 radical (unpaired) electrons. The second-order valence-corrected chi connectivity index (χ2v) is 4.49. The molecule has 1 aromatic rings. The minimum atomic E-state index is -0.441. The molecule has 19 heavy (non-hydrogen) atoms. The zero-order chi connectivity index (χ0) is 14.3. The highest BCUT2D eigenvalue weighted by Crippen LogP contribution is 2.27. The third-order valence-corrected chi connectivity index (χ3v) is 3.06. The van der Waals surface area contributed by atoms with E-state index in [9.17, 15) is 0 Å². The van der Waals surface area contributed by atoms with Crippen LogP contribution in [0.2, 0.25) is 0 Å². The molecule has 4 nitrogen and oxygen atoms in total. The number of hydrogen-bond acceptors (Lipinski definition) is 4. The van der Waals surface area contributed by atoms with E-state index in [1.807, 2.05) is 25.1 Å². The average molecular weight is 262 g/mol. The molecule has 2 N–H and O–H groups in total. The summed E-state index contributed by atoms with van der Waals surface area (Å²) in [6.45, 7) is 3.98. The fourth-order valence-electron chi connectivity index (χ4n) is 1.72. The van der Waals surface area contributed by atoms with Crippen LogP contribution in [0.25, 0.3) is 0 Å². The van der Waals surface area contributed by atoms with E-state index in [-0.39, 0.29) is 6.04 Å². The lowest BCUT2D eigenvalue weighted by atomic mass is 10.0. The maximum absolute atomic E-state index is 9.00. The largest absolute Gasteiger partial charge is 0.497 e. The molecule has 1 aromatic carbocycles. The second kappa shape index (κ2) is 7.65. The lowest BCUT2D eigenvalue weighted by molar-refractivity contribution is 0.247. The van der Waals surface area contributed by atoms with E-state index in [4.69, 9.17) is 20.5 Å². The van der Waals surface area contributed by atoms with Crippen LogP contribution >= 0.6 is 0 Å². The van der Waals surface area contributed by atoms with Gasteiger partial charge in [0.2, 0.25) is 0 Å². The van der Waals surface area contributed by atoms with Gasteiger partial charge < -0.3 is 15.2 Å². The van der Waals surface area contributed by atoms with Crippen LogP contribution in [0.5, 0.6) is 11.5 Å². The first kappa shape index (κ1) is 15.3. The maximum atomic E-state index is 9.00. The van der Waals surface area contributed by atoms with Gasteiger partial charge >= 0.3 is 0 Å². The number of benzene rings is 1. The number of nitrogens with two attached hydrogens (primary N) is 1. The zero-order valence-corrected chi connectivity index (χ0v) is 11.8. The van der Waals surface area contributed by atoms with Gasteiger partial charge in [-0.15, -0.1) is 0 Å². The van der Waals surface area contributed by atoms with Crippen molar-refractivity contribution in [1.82, 2.24) is 0 Å². The average Bonchev–Trinajstić information content (AvgIpc) is 2.45. The fraction of sp³-hybridized carbons (Fsp3) is 0.533. The van der Waals surface area contributed by atoms with Crippen molar-refractivity contribution in [3.05, 3.63) is 23.8 Å². The van der Waals surface area contributed by atoms with E-state index in [2.05, 4.69) is 13.0 Å². The molecule has 0 saturated carbocycles. The molecule has 0 fully saturated rings. The van der Waals surface area contributed by atoms with Crippen LogP contribution in [0.1, 0.15) is 32.3 Å². The van der Waals surface area contributed by atoms with Gasteiger partial charge in [-0.1, -0.05) is 19.9 Å². The third kappa shape index (κ3) is 4.46. The van der Waals surface area contributed by atoms with Gasteiger partial charge in [0.05, 0.1) is 7.11 Å². The van der Waals surface area contributed by atoms with E-state index >= 15 is 0 Å². The molecule has 0 spiro atoms. The van der Waals surface area contributed by atoms with Crippen LogP contribution in [0.3, 0.4) is 0 Å². The molecule has 0 aliphatic carbocycles. The topological polar surface area (TPSA) is 68.3 Å². The summed E-state index contributed by atoms with van der Waals surface area (Å²) in [5.41, 5.74) is 7.01. The Morgan fingerprint density at radius 3 is 2.58 bits per heavy atom. The highest BCUT2D eigenvalue weighted by atomic mass is 16.5. The summed E-state index contributed by atoms with van der Waals surface area (Å²) >= 11 is 0. The summed E-state index contributed by atoms with van der Waals surface area (Å²) < 4.78 is 10.9. The van der Waals surface area contributed by atoms with Crippen molar-refractivity contribution >= 4 is 0 Å². The first-order valence-electron chi connectivity index (χ1n) is 6.63. The Bertz CT molecular complexity index is 440. The maximum Gasteiger partial charge on any atom is 0.184 e. The minimum absolute atomic E-state index is 0.0953. The van der Waals surface area contributed by atoms with Gasteiger partial charge in [0.15, 0.2) is 6.10 Å².